The second-order valence-corrected chi connectivity index (χ2v) is 5.45. The van der Waals surface area contributed by atoms with E-state index in [1.165, 1.54) is 0 Å². The number of anilines is 1. The summed E-state index contributed by atoms with van der Waals surface area (Å²) in [6.45, 7) is 1.87. The summed E-state index contributed by atoms with van der Waals surface area (Å²) in [7, 11) is 1.64. The van der Waals surface area contributed by atoms with E-state index in [1.54, 1.807) is 19.4 Å². The maximum atomic E-state index is 11.9. The average Bonchev–Trinajstić information content (AvgIpc) is 2.58. The van der Waals surface area contributed by atoms with Crippen LogP contribution in [0.4, 0.5) is 5.69 Å². The van der Waals surface area contributed by atoms with Gasteiger partial charge in [0.05, 0.1) is 11.9 Å². The highest BCUT2D eigenvalue weighted by Gasteiger charge is 2.06. The third-order valence-electron chi connectivity index (χ3n) is 3.22. The second kappa shape index (κ2) is 9.12. The van der Waals surface area contributed by atoms with Crippen LogP contribution in [0.25, 0.3) is 0 Å². The highest BCUT2D eigenvalue weighted by atomic mass is 35.5. The van der Waals surface area contributed by atoms with Gasteiger partial charge in [-0.2, -0.15) is 0 Å². The number of methoxy groups -OCH3 is 1. The van der Waals surface area contributed by atoms with Crippen molar-refractivity contribution >= 4 is 23.2 Å². The van der Waals surface area contributed by atoms with Gasteiger partial charge in [-0.25, -0.2) is 4.98 Å². The minimum atomic E-state index is -0.176. The molecule has 1 aromatic heterocycles. The Morgan fingerprint density at radius 2 is 2.00 bits per heavy atom. The van der Waals surface area contributed by atoms with Gasteiger partial charge in [-0.05, 0) is 36.2 Å². The van der Waals surface area contributed by atoms with Crippen LogP contribution in [0.5, 0.6) is 0 Å². The van der Waals surface area contributed by atoms with Crippen LogP contribution in [-0.2, 0) is 11.3 Å². The molecule has 2 N–H and O–H groups in total. The number of benzene rings is 1. The zero-order valence-corrected chi connectivity index (χ0v) is 13.8. The molecule has 0 atom stereocenters. The van der Waals surface area contributed by atoms with E-state index in [4.69, 9.17) is 16.3 Å². The Labute approximate surface area is 141 Å². The van der Waals surface area contributed by atoms with Gasteiger partial charge in [0, 0.05) is 31.8 Å². The lowest BCUT2D eigenvalue weighted by molar-refractivity contribution is 0.0943. The molecule has 5 nitrogen and oxygen atoms in total. The summed E-state index contributed by atoms with van der Waals surface area (Å²) in [5.74, 6) is -0.176. The van der Waals surface area contributed by atoms with Crippen LogP contribution in [0.1, 0.15) is 22.5 Å². The Bertz CT molecular complexity index is 615. The summed E-state index contributed by atoms with van der Waals surface area (Å²) in [5.41, 5.74) is 2.38. The number of aromatic nitrogens is 1. The van der Waals surface area contributed by atoms with E-state index >= 15 is 0 Å². The van der Waals surface area contributed by atoms with E-state index in [1.807, 2.05) is 30.3 Å². The van der Waals surface area contributed by atoms with Crippen molar-refractivity contribution in [1.82, 2.24) is 10.3 Å². The minimum absolute atomic E-state index is 0.176. The normalized spacial score (nSPS) is 10.3. The van der Waals surface area contributed by atoms with E-state index in [2.05, 4.69) is 15.6 Å². The summed E-state index contributed by atoms with van der Waals surface area (Å²) >= 11 is 5.85. The molecule has 1 heterocycles. The number of carbonyl (C=O) groups excluding carboxylic acids is 1. The minimum Gasteiger partial charge on any atom is -0.385 e. The summed E-state index contributed by atoms with van der Waals surface area (Å²) < 4.78 is 4.93. The number of carbonyl (C=O) groups is 1. The van der Waals surface area contributed by atoms with Crippen molar-refractivity contribution in [3.05, 3.63) is 58.9 Å². The smallest absolute Gasteiger partial charge is 0.269 e. The third kappa shape index (κ3) is 5.88. The zero-order chi connectivity index (χ0) is 16.5. The van der Waals surface area contributed by atoms with Gasteiger partial charge in [-0.3, -0.25) is 4.79 Å². The molecule has 1 amide bonds. The first kappa shape index (κ1) is 17.2. The molecule has 0 radical (unpaired) electrons. The molecule has 0 spiro atoms. The van der Waals surface area contributed by atoms with Crippen LogP contribution in [0.3, 0.4) is 0 Å². The monoisotopic (exact) mass is 333 g/mol. The fraction of sp³-hybridized carbons (Fsp3) is 0.294. The van der Waals surface area contributed by atoms with Crippen molar-refractivity contribution < 1.29 is 9.53 Å². The topological polar surface area (TPSA) is 63.2 Å². The summed E-state index contributed by atoms with van der Waals surface area (Å²) in [6, 6.07) is 11.2. The lowest BCUT2D eigenvalue weighted by Crippen LogP contribution is -2.26. The maximum Gasteiger partial charge on any atom is 0.269 e. The molecule has 2 rings (SSSR count). The quantitative estimate of drug-likeness (QED) is 0.729. The molecule has 0 saturated carbocycles. The molecule has 0 fully saturated rings. The van der Waals surface area contributed by atoms with Crippen molar-refractivity contribution in [2.75, 3.05) is 25.6 Å². The highest BCUT2D eigenvalue weighted by molar-refractivity contribution is 6.30. The molecular formula is C17H20ClN3O2. The van der Waals surface area contributed by atoms with Crippen LogP contribution in [0, 0.1) is 0 Å². The number of halogens is 1. The number of ether oxygens (including phenoxy) is 1. The van der Waals surface area contributed by atoms with Gasteiger partial charge in [0.2, 0.25) is 0 Å². The molecule has 2 aromatic rings. The van der Waals surface area contributed by atoms with Crippen molar-refractivity contribution in [1.29, 1.82) is 0 Å². The fourth-order valence-corrected chi connectivity index (χ4v) is 2.07. The van der Waals surface area contributed by atoms with Gasteiger partial charge in [0.1, 0.15) is 5.69 Å². The van der Waals surface area contributed by atoms with Crippen LogP contribution in [0.2, 0.25) is 5.02 Å². The fourth-order valence-electron chi connectivity index (χ4n) is 1.95. The van der Waals surface area contributed by atoms with E-state index < -0.39 is 0 Å². The molecule has 23 heavy (non-hydrogen) atoms. The van der Waals surface area contributed by atoms with E-state index in [0.29, 0.717) is 25.4 Å². The third-order valence-corrected chi connectivity index (χ3v) is 3.47. The number of nitrogens with zero attached hydrogens (tertiary/aromatic N) is 1. The largest absolute Gasteiger partial charge is 0.385 e. The van der Waals surface area contributed by atoms with E-state index in [0.717, 1.165) is 22.7 Å². The molecule has 122 valence electrons. The molecule has 0 unspecified atom stereocenters. The maximum absolute atomic E-state index is 11.9. The predicted molar refractivity (Wildman–Crippen MR) is 91.8 cm³/mol. The molecule has 6 heteroatoms. The van der Waals surface area contributed by atoms with Gasteiger partial charge in [-0.15, -0.1) is 0 Å². The number of pyridine rings is 1. The molecule has 0 aliphatic heterocycles. The Hall–Kier alpha value is -2.11. The Kier molecular flexibility index (Phi) is 6.84. The first-order chi connectivity index (χ1) is 11.2. The van der Waals surface area contributed by atoms with Crippen molar-refractivity contribution in [2.24, 2.45) is 0 Å². The van der Waals surface area contributed by atoms with Crippen LogP contribution >= 0.6 is 11.6 Å². The standard InChI is InChI=1S/C17H20ClN3O2/c1-23-10-2-9-19-17(22)16-8-7-15(12-21-16)20-11-13-3-5-14(18)6-4-13/h3-8,12,20H,2,9-11H2,1H3,(H,19,22). The Morgan fingerprint density at radius 1 is 1.22 bits per heavy atom. The molecule has 0 saturated heterocycles. The van der Waals surface area contributed by atoms with Crippen molar-refractivity contribution in [3.63, 3.8) is 0 Å². The second-order valence-electron chi connectivity index (χ2n) is 5.01. The van der Waals surface area contributed by atoms with E-state index in [-0.39, 0.29) is 5.91 Å². The first-order valence-corrected chi connectivity index (χ1v) is 7.78. The van der Waals surface area contributed by atoms with Gasteiger partial charge >= 0.3 is 0 Å². The SMILES string of the molecule is COCCCNC(=O)c1ccc(NCc2ccc(Cl)cc2)cn1. The number of amides is 1. The first-order valence-electron chi connectivity index (χ1n) is 7.40. The van der Waals surface area contributed by atoms with Gasteiger partial charge < -0.3 is 15.4 Å². The summed E-state index contributed by atoms with van der Waals surface area (Å²) in [4.78, 5) is 16.1. The number of hydrogen-bond acceptors (Lipinski definition) is 4. The summed E-state index contributed by atoms with van der Waals surface area (Å²) in [6.07, 6.45) is 2.43. The number of nitrogens with one attached hydrogen (secondary N) is 2. The molecule has 0 aliphatic rings. The molecule has 0 aliphatic carbocycles. The Balaban J connectivity index is 1.81. The van der Waals surface area contributed by atoms with E-state index in [9.17, 15) is 4.79 Å². The van der Waals surface area contributed by atoms with Crippen molar-refractivity contribution in [2.45, 2.75) is 13.0 Å². The van der Waals surface area contributed by atoms with Crippen LogP contribution in [-0.4, -0.2) is 31.2 Å². The van der Waals surface area contributed by atoms with Crippen LogP contribution in [0.15, 0.2) is 42.6 Å². The molecule has 0 bridgehead atoms. The van der Waals surface area contributed by atoms with Gasteiger partial charge in [0.25, 0.3) is 5.91 Å². The predicted octanol–water partition coefficient (Wildman–Crippen LogP) is 3.11. The lowest BCUT2D eigenvalue weighted by Gasteiger charge is -2.08. The summed E-state index contributed by atoms with van der Waals surface area (Å²) in [5, 5.41) is 6.77. The Morgan fingerprint density at radius 3 is 2.65 bits per heavy atom. The highest BCUT2D eigenvalue weighted by Crippen LogP contribution is 2.12. The number of rotatable bonds is 8. The van der Waals surface area contributed by atoms with Crippen molar-refractivity contribution in [3.8, 4) is 0 Å². The molecule has 1 aromatic carbocycles. The van der Waals surface area contributed by atoms with Gasteiger partial charge in [0.15, 0.2) is 0 Å². The number of hydrogen-bond donors (Lipinski definition) is 2. The molecular weight excluding hydrogens is 314 g/mol. The van der Waals surface area contributed by atoms with Gasteiger partial charge in [-0.1, -0.05) is 23.7 Å². The lowest BCUT2D eigenvalue weighted by atomic mass is 10.2. The van der Waals surface area contributed by atoms with Crippen LogP contribution < -0.4 is 10.6 Å². The average molecular weight is 334 g/mol. The zero-order valence-electron chi connectivity index (χ0n) is 13.0.